The Hall–Kier alpha value is -4.01. The molecule has 0 saturated carbocycles. The zero-order valence-electron chi connectivity index (χ0n) is 16.7. The molecule has 1 heterocycles. The number of benzene rings is 2. The van der Waals surface area contributed by atoms with Crippen LogP contribution in [0.4, 0.5) is 17.2 Å². The van der Waals surface area contributed by atoms with Crippen molar-refractivity contribution in [2.45, 2.75) is 19.8 Å². The fourth-order valence-electron chi connectivity index (χ4n) is 2.67. The number of carbonyl (C=O) groups excluding carboxylic acids is 1. The van der Waals surface area contributed by atoms with E-state index in [0.717, 1.165) is 5.56 Å². The highest BCUT2D eigenvalue weighted by molar-refractivity contribution is 5.89. The van der Waals surface area contributed by atoms with Crippen LogP contribution in [0.3, 0.4) is 0 Å². The van der Waals surface area contributed by atoms with E-state index in [9.17, 15) is 14.9 Å². The van der Waals surface area contributed by atoms with Gasteiger partial charge in [0.05, 0.1) is 17.6 Å². The van der Waals surface area contributed by atoms with E-state index < -0.39 is 16.6 Å². The number of rotatable bonds is 7. The molecule has 0 fully saturated rings. The van der Waals surface area contributed by atoms with Crippen LogP contribution in [0.2, 0.25) is 0 Å². The number of hydrogen-bond acceptors (Lipinski definition) is 8. The summed E-state index contributed by atoms with van der Waals surface area (Å²) in [6, 6.07) is 13.5. The molecule has 154 valence electrons. The standard InChI is InChI=1S/C21H20N4O5/c1-13(2)14-6-10-17(11-7-14)30-20-18(25(27)28)19(22-12-23-20)24-16-8-4-15(5-9-16)21(26)29-3/h4-13H,1-3H3,(H,22,23,24). The highest BCUT2D eigenvalue weighted by atomic mass is 16.6. The van der Waals surface area contributed by atoms with Gasteiger partial charge < -0.3 is 14.8 Å². The van der Waals surface area contributed by atoms with Crippen molar-refractivity contribution in [3.05, 3.63) is 76.1 Å². The van der Waals surface area contributed by atoms with Gasteiger partial charge in [-0.25, -0.2) is 9.78 Å². The van der Waals surface area contributed by atoms with Gasteiger partial charge in [0.1, 0.15) is 12.1 Å². The van der Waals surface area contributed by atoms with Crippen molar-refractivity contribution in [2.24, 2.45) is 0 Å². The van der Waals surface area contributed by atoms with Gasteiger partial charge in [0.25, 0.3) is 0 Å². The Bertz CT molecular complexity index is 1050. The average molecular weight is 408 g/mol. The summed E-state index contributed by atoms with van der Waals surface area (Å²) in [7, 11) is 1.29. The third-order valence-corrected chi connectivity index (χ3v) is 4.30. The summed E-state index contributed by atoms with van der Waals surface area (Å²) in [5.41, 5.74) is 1.57. The molecular weight excluding hydrogens is 388 g/mol. The summed E-state index contributed by atoms with van der Waals surface area (Å²) < 4.78 is 10.3. The van der Waals surface area contributed by atoms with E-state index in [4.69, 9.17) is 4.74 Å². The van der Waals surface area contributed by atoms with E-state index in [1.54, 1.807) is 24.3 Å². The van der Waals surface area contributed by atoms with E-state index in [-0.39, 0.29) is 11.7 Å². The predicted octanol–water partition coefficient (Wildman–Crippen LogP) is 4.83. The maximum atomic E-state index is 11.7. The van der Waals surface area contributed by atoms with Crippen LogP contribution < -0.4 is 10.1 Å². The number of anilines is 2. The van der Waals surface area contributed by atoms with Gasteiger partial charge in [0.2, 0.25) is 5.82 Å². The smallest absolute Gasteiger partial charge is 0.373 e. The van der Waals surface area contributed by atoms with Crippen LogP contribution in [0.5, 0.6) is 11.6 Å². The van der Waals surface area contributed by atoms with Crippen molar-refractivity contribution < 1.29 is 19.2 Å². The number of nitrogens with one attached hydrogen (secondary N) is 1. The number of nitro groups is 1. The summed E-state index contributed by atoms with van der Waals surface area (Å²) in [6.45, 7) is 4.14. The second-order valence-corrected chi connectivity index (χ2v) is 6.65. The molecule has 0 saturated heterocycles. The molecule has 0 spiro atoms. The van der Waals surface area contributed by atoms with E-state index >= 15 is 0 Å². The van der Waals surface area contributed by atoms with Crippen LogP contribution in [0.15, 0.2) is 54.9 Å². The summed E-state index contributed by atoms with van der Waals surface area (Å²) in [5, 5.41) is 14.6. The molecule has 0 aliphatic heterocycles. The van der Waals surface area contributed by atoms with E-state index in [1.807, 2.05) is 12.1 Å². The van der Waals surface area contributed by atoms with Gasteiger partial charge in [-0.15, -0.1) is 0 Å². The number of methoxy groups -OCH3 is 1. The minimum absolute atomic E-state index is 0.0328. The lowest BCUT2D eigenvalue weighted by atomic mass is 10.0. The van der Waals surface area contributed by atoms with Crippen molar-refractivity contribution >= 4 is 23.2 Å². The Morgan fingerprint density at radius 3 is 2.30 bits per heavy atom. The number of aromatic nitrogens is 2. The zero-order chi connectivity index (χ0) is 21.7. The molecule has 9 nitrogen and oxygen atoms in total. The van der Waals surface area contributed by atoms with Gasteiger partial charge >= 0.3 is 17.5 Å². The van der Waals surface area contributed by atoms with E-state index in [2.05, 4.69) is 33.9 Å². The lowest BCUT2D eigenvalue weighted by Gasteiger charge is -2.10. The Morgan fingerprint density at radius 2 is 1.73 bits per heavy atom. The maximum Gasteiger partial charge on any atom is 0.373 e. The molecule has 0 atom stereocenters. The number of ether oxygens (including phenoxy) is 2. The summed E-state index contributed by atoms with van der Waals surface area (Å²) in [6.07, 6.45) is 1.18. The molecule has 0 unspecified atom stereocenters. The van der Waals surface area contributed by atoms with E-state index in [0.29, 0.717) is 22.9 Å². The van der Waals surface area contributed by atoms with Crippen LogP contribution in [0.25, 0.3) is 0 Å². The fraction of sp³-hybridized carbons (Fsp3) is 0.190. The summed E-state index contributed by atoms with van der Waals surface area (Å²) in [4.78, 5) is 30.5. The first-order valence-electron chi connectivity index (χ1n) is 9.11. The maximum absolute atomic E-state index is 11.7. The largest absolute Gasteiger partial charge is 0.465 e. The van der Waals surface area contributed by atoms with E-state index in [1.165, 1.54) is 25.6 Å². The van der Waals surface area contributed by atoms with Crippen molar-refractivity contribution in [1.29, 1.82) is 0 Å². The molecule has 0 aliphatic carbocycles. The lowest BCUT2D eigenvalue weighted by Crippen LogP contribution is -2.04. The van der Waals surface area contributed by atoms with Crippen molar-refractivity contribution in [2.75, 3.05) is 12.4 Å². The highest BCUT2D eigenvalue weighted by Crippen LogP contribution is 2.35. The van der Waals surface area contributed by atoms with Crippen LogP contribution in [-0.2, 0) is 4.74 Å². The predicted molar refractivity (Wildman–Crippen MR) is 110 cm³/mol. The second-order valence-electron chi connectivity index (χ2n) is 6.65. The molecule has 2 aromatic carbocycles. The normalized spacial score (nSPS) is 10.5. The third kappa shape index (κ3) is 4.69. The molecule has 3 aromatic rings. The molecule has 1 N–H and O–H groups in total. The van der Waals surface area contributed by atoms with Gasteiger partial charge in [0, 0.05) is 5.69 Å². The van der Waals surface area contributed by atoms with Crippen molar-refractivity contribution in [1.82, 2.24) is 9.97 Å². The topological polar surface area (TPSA) is 116 Å². The van der Waals surface area contributed by atoms with Crippen molar-refractivity contribution in [3.63, 3.8) is 0 Å². The fourth-order valence-corrected chi connectivity index (χ4v) is 2.67. The van der Waals surface area contributed by atoms with Gasteiger partial charge in [-0.2, -0.15) is 4.98 Å². The first-order chi connectivity index (χ1) is 14.4. The molecule has 9 heteroatoms. The molecule has 30 heavy (non-hydrogen) atoms. The van der Waals surface area contributed by atoms with Crippen LogP contribution in [-0.4, -0.2) is 28.0 Å². The number of hydrogen-bond donors (Lipinski definition) is 1. The van der Waals surface area contributed by atoms with Gasteiger partial charge in [0.15, 0.2) is 0 Å². The zero-order valence-corrected chi connectivity index (χ0v) is 16.7. The monoisotopic (exact) mass is 408 g/mol. The number of nitrogens with zero attached hydrogens (tertiary/aromatic N) is 3. The number of carbonyl (C=O) groups is 1. The molecule has 3 rings (SSSR count). The molecule has 0 amide bonds. The first-order valence-corrected chi connectivity index (χ1v) is 9.11. The first kappa shape index (κ1) is 20.7. The van der Waals surface area contributed by atoms with Gasteiger partial charge in [-0.3, -0.25) is 10.1 Å². The molecule has 0 bridgehead atoms. The molecule has 0 aliphatic rings. The Morgan fingerprint density at radius 1 is 1.07 bits per heavy atom. The Balaban J connectivity index is 1.87. The Labute approximate surface area is 172 Å². The third-order valence-electron chi connectivity index (χ3n) is 4.30. The molecule has 1 aromatic heterocycles. The van der Waals surface area contributed by atoms with Crippen LogP contribution in [0.1, 0.15) is 35.7 Å². The minimum Gasteiger partial charge on any atom is -0.465 e. The summed E-state index contributed by atoms with van der Waals surface area (Å²) >= 11 is 0. The van der Waals surface area contributed by atoms with Crippen LogP contribution >= 0.6 is 0 Å². The highest BCUT2D eigenvalue weighted by Gasteiger charge is 2.25. The summed E-state index contributed by atoms with van der Waals surface area (Å²) in [5.74, 6) is 0.0905. The average Bonchev–Trinajstić information content (AvgIpc) is 2.74. The Kier molecular flexibility index (Phi) is 6.21. The quantitative estimate of drug-likeness (QED) is 0.336. The second kappa shape index (κ2) is 8.99. The van der Waals surface area contributed by atoms with Crippen LogP contribution in [0, 0.1) is 10.1 Å². The number of esters is 1. The van der Waals surface area contributed by atoms with Gasteiger partial charge in [-0.05, 0) is 47.9 Å². The van der Waals surface area contributed by atoms with Gasteiger partial charge in [-0.1, -0.05) is 26.0 Å². The molecular formula is C21H20N4O5. The SMILES string of the molecule is COC(=O)c1ccc(Nc2ncnc(Oc3ccc(C(C)C)cc3)c2[N+](=O)[O-])cc1. The lowest BCUT2D eigenvalue weighted by molar-refractivity contribution is -0.385. The minimum atomic E-state index is -0.608. The van der Waals surface area contributed by atoms with Crippen molar-refractivity contribution in [3.8, 4) is 11.6 Å². The molecule has 0 radical (unpaired) electrons.